The third-order valence-electron chi connectivity index (χ3n) is 4.54. The Morgan fingerprint density at radius 3 is 2.26 bits per heavy atom. The lowest BCUT2D eigenvalue weighted by atomic mass is 10.2. The molecule has 0 bridgehead atoms. The third-order valence-corrected chi connectivity index (χ3v) is 4.79. The third kappa shape index (κ3) is 4.77. The molecule has 0 N–H and O–H groups in total. The molecule has 27 heavy (non-hydrogen) atoms. The quantitative estimate of drug-likeness (QED) is 0.758. The van der Waals surface area contributed by atoms with Crippen LogP contribution in [0.2, 0.25) is 5.02 Å². The molecule has 1 saturated heterocycles. The molecule has 1 aliphatic heterocycles. The zero-order valence-electron chi connectivity index (χ0n) is 15.5. The molecule has 0 saturated carbocycles. The van der Waals surface area contributed by atoms with Crippen LogP contribution in [0, 0.1) is 0 Å². The van der Waals surface area contributed by atoms with Crippen LogP contribution in [0.1, 0.15) is 0 Å². The van der Waals surface area contributed by atoms with Crippen molar-refractivity contribution < 1.29 is 19.0 Å². The summed E-state index contributed by atoms with van der Waals surface area (Å²) in [5.41, 5.74) is 1.00. The number of amides is 1. The van der Waals surface area contributed by atoms with Gasteiger partial charge in [0.1, 0.15) is 17.2 Å². The molecular weight excluding hydrogens is 368 g/mol. The summed E-state index contributed by atoms with van der Waals surface area (Å²) in [6, 6.07) is 12.7. The molecule has 0 radical (unpaired) electrons. The fraction of sp³-hybridized carbons (Fsp3) is 0.350. The first-order valence-electron chi connectivity index (χ1n) is 8.74. The van der Waals surface area contributed by atoms with E-state index >= 15 is 0 Å². The molecule has 0 aliphatic carbocycles. The van der Waals surface area contributed by atoms with Crippen LogP contribution in [0.5, 0.6) is 17.2 Å². The van der Waals surface area contributed by atoms with Crippen molar-refractivity contribution in [3.63, 3.8) is 0 Å². The lowest BCUT2D eigenvalue weighted by Gasteiger charge is -2.36. The first-order valence-corrected chi connectivity index (χ1v) is 9.11. The van der Waals surface area contributed by atoms with Crippen molar-refractivity contribution in [2.45, 2.75) is 0 Å². The maximum Gasteiger partial charge on any atom is 0.260 e. The molecule has 0 aromatic heterocycles. The Morgan fingerprint density at radius 1 is 0.963 bits per heavy atom. The van der Waals surface area contributed by atoms with Gasteiger partial charge in [0, 0.05) is 37.3 Å². The number of carbonyl (C=O) groups excluding carboxylic acids is 1. The molecule has 2 aromatic rings. The van der Waals surface area contributed by atoms with E-state index in [1.807, 2.05) is 23.1 Å². The number of anilines is 1. The van der Waals surface area contributed by atoms with Gasteiger partial charge in [-0.2, -0.15) is 0 Å². The SMILES string of the molecule is COc1ccc(N2CCN(C(=O)COc3ccc(Cl)cc3)CC2)c(OC)c1. The first kappa shape index (κ1) is 19.2. The normalized spacial score (nSPS) is 14.0. The van der Waals surface area contributed by atoms with Crippen LogP contribution in [0.4, 0.5) is 5.69 Å². The Labute approximate surface area is 164 Å². The maximum absolute atomic E-state index is 12.4. The maximum atomic E-state index is 12.4. The molecule has 6 nitrogen and oxygen atoms in total. The van der Waals surface area contributed by atoms with Crippen LogP contribution in [-0.2, 0) is 4.79 Å². The Morgan fingerprint density at radius 2 is 1.63 bits per heavy atom. The highest BCUT2D eigenvalue weighted by atomic mass is 35.5. The van der Waals surface area contributed by atoms with Crippen molar-refractivity contribution in [3.8, 4) is 17.2 Å². The van der Waals surface area contributed by atoms with E-state index in [2.05, 4.69) is 4.90 Å². The van der Waals surface area contributed by atoms with E-state index in [0.717, 1.165) is 30.3 Å². The van der Waals surface area contributed by atoms with Gasteiger partial charge in [-0.25, -0.2) is 0 Å². The minimum atomic E-state index is -0.0219. The van der Waals surface area contributed by atoms with E-state index < -0.39 is 0 Å². The van der Waals surface area contributed by atoms with E-state index in [4.69, 9.17) is 25.8 Å². The average Bonchev–Trinajstić information content (AvgIpc) is 2.72. The largest absolute Gasteiger partial charge is 0.497 e. The van der Waals surface area contributed by atoms with Gasteiger partial charge in [0.05, 0.1) is 19.9 Å². The average molecular weight is 391 g/mol. The van der Waals surface area contributed by atoms with Gasteiger partial charge in [-0.1, -0.05) is 11.6 Å². The highest BCUT2D eigenvalue weighted by molar-refractivity contribution is 6.30. The summed E-state index contributed by atoms with van der Waals surface area (Å²) >= 11 is 5.85. The van der Waals surface area contributed by atoms with E-state index in [0.29, 0.717) is 23.9 Å². The Bertz CT molecular complexity index is 774. The number of halogens is 1. The van der Waals surface area contributed by atoms with Crippen LogP contribution >= 0.6 is 11.6 Å². The van der Waals surface area contributed by atoms with Crippen molar-refractivity contribution in [1.29, 1.82) is 0 Å². The first-order chi connectivity index (χ1) is 13.1. The molecule has 3 rings (SSSR count). The van der Waals surface area contributed by atoms with Gasteiger partial charge in [0.25, 0.3) is 5.91 Å². The molecular formula is C20H23ClN2O4. The van der Waals surface area contributed by atoms with Gasteiger partial charge in [0.15, 0.2) is 6.61 Å². The van der Waals surface area contributed by atoms with Gasteiger partial charge in [-0.3, -0.25) is 4.79 Å². The number of hydrogen-bond donors (Lipinski definition) is 0. The number of rotatable bonds is 6. The molecule has 2 aromatic carbocycles. The lowest BCUT2D eigenvalue weighted by Crippen LogP contribution is -2.50. The summed E-state index contributed by atoms with van der Waals surface area (Å²) in [6.07, 6.45) is 0. The van der Waals surface area contributed by atoms with Crippen molar-refractivity contribution in [2.75, 3.05) is 51.9 Å². The standard InChI is InChI=1S/C20H23ClN2O4/c1-25-17-7-8-18(19(13-17)26-2)22-9-11-23(12-10-22)20(24)14-27-16-5-3-15(21)4-6-16/h3-8,13H,9-12,14H2,1-2H3. The van der Waals surface area contributed by atoms with E-state index in [1.165, 1.54) is 0 Å². The Balaban J connectivity index is 1.54. The predicted octanol–water partition coefficient (Wildman–Crippen LogP) is 3.08. The van der Waals surface area contributed by atoms with Crippen molar-refractivity contribution in [1.82, 2.24) is 4.90 Å². The number of carbonyl (C=O) groups is 1. The second-order valence-electron chi connectivity index (χ2n) is 6.15. The highest BCUT2D eigenvalue weighted by Gasteiger charge is 2.23. The summed E-state index contributed by atoms with van der Waals surface area (Å²) in [5, 5.41) is 0.638. The fourth-order valence-electron chi connectivity index (χ4n) is 3.01. The number of methoxy groups -OCH3 is 2. The molecule has 1 amide bonds. The number of piperazine rings is 1. The summed E-state index contributed by atoms with van der Waals surface area (Å²) in [7, 11) is 3.27. The molecule has 0 atom stereocenters. The Hall–Kier alpha value is -2.60. The van der Waals surface area contributed by atoms with Crippen LogP contribution in [0.25, 0.3) is 0 Å². The summed E-state index contributed by atoms with van der Waals surface area (Å²) < 4.78 is 16.3. The van der Waals surface area contributed by atoms with E-state index in [9.17, 15) is 4.79 Å². The minimum Gasteiger partial charge on any atom is -0.497 e. The molecule has 0 unspecified atom stereocenters. The van der Waals surface area contributed by atoms with Crippen LogP contribution < -0.4 is 19.1 Å². The number of hydrogen-bond acceptors (Lipinski definition) is 5. The highest BCUT2D eigenvalue weighted by Crippen LogP contribution is 2.32. The second kappa shape index (κ2) is 8.86. The smallest absolute Gasteiger partial charge is 0.260 e. The lowest BCUT2D eigenvalue weighted by molar-refractivity contribution is -0.133. The summed E-state index contributed by atoms with van der Waals surface area (Å²) in [4.78, 5) is 16.4. The molecule has 1 aliphatic rings. The molecule has 0 spiro atoms. The molecule has 1 heterocycles. The number of nitrogens with zero attached hydrogens (tertiary/aromatic N) is 2. The zero-order valence-corrected chi connectivity index (χ0v) is 16.2. The Kier molecular flexibility index (Phi) is 6.29. The fourth-order valence-corrected chi connectivity index (χ4v) is 3.14. The van der Waals surface area contributed by atoms with Crippen LogP contribution in [0.3, 0.4) is 0 Å². The number of benzene rings is 2. The topological polar surface area (TPSA) is 51.2 Å². The van der Waals surface area contributed by atoms with Gasteiger partial charge in [-0.05, 0) is 36.4 Å². The van der Waals surface area contributed by atoms with E-state index in [-0.39, 0.29) is 12.5 Å². The van der Waals surface area contributed by atoms with E-state index in [1.54, 1.807) is 38.5 Å². The van der Waals surface area contributed by atoms with Crippen molar-refractivity contribution >= 4 is 23.2 Å². The minimum absolute atomic E-state index is 0.0213. The van der Waals surface area contributed by atoms with Crippen LogP contribution in [0.15, 0.2) is 42.5 Å². The summed E-state index contributed by atoms with van der Waals surface area (Å²) in [5.74, 6) is 2.13. The van der Waals surface area contributed by atoms with Crippen molar-refractivity contribution in [2.24, 2.45) is 0 Å². The van der Waals surface area contributed by atoms with Gasteiger partial charge >= 0.3 is 0 Å². The van der Waals surface area contributed by atoms with Gasteiger partial charge in [-0.15, -0.1) is 0 Å². The molecule has 7 heteroatoms. The van der Waals surface area contributed by atoms with Crippen molar-refractivity contribution in [3.05, 3.63) is 47.5 Å². The number of ether oxygens (including phenoxy) is 3. The second-order valence-corrected chi connectivity index (χ2v) is 6.58. The monoisotopic (exact) mass is 390 g/mol. The predicted molar refractivity (Wildman–Crippen MR) is 105 cm³/mol. The van der Waals surface area contributed by atoms with Gasteiger partial charge in [0.2, 0.25) is 0 Å². The van der Waals surface area contributed by atoms with Crippen LogP contribution in [-0.4, -0.2) is 57.8 Å². The summed E-state index contributed by atoms with van der Waals surface area (Å²) in [6.45, 7) is 2.76. The molecule has 144 valence electrons. The zero-order chi connectivity index (χ0) is 19.2. The van der Waals surface area contributed by atoms with Gasteiger partial charge < -0.3 is 24.0 Å². The molecule has 1 fully saturated rings.